The minimum absolute atomic E-state index is 0.214. The highest BCUT2D eigenvalue weighted by Crippen LogP contribution is 2.13. The molecule has 0 N–H and O–H groups in total. The molecule has 0 spiro atoms. The van der Waals surface area contributed by atoms with E-state index in [1.165, 1.54) is 12.1 Å². The summed E-state index contributed by atoms with van der Waals surface area (Å²) in [4.78, 5) is 9.03. The van der Waals surface area contributed by atoms with Gasteiger partial charge in [-0.15, -0.1) is 0 Å². The molecule has 0 radical (unpaired) electrons. The molecule has 0 saturated heterocycles. The number of oxime groups is 1. The van der Waals surface area contributed by atoms with E-state index in [-0.39, 0.29) is 5.76 Å². The van der Waals surface area contributed by atoms with Crippen LogP contribution in [0.5, 0.6) is 0 Å². The highest BCUT2D eigenvalue weighted by Gasteiger charge is 2.04. The van der Waals surface area contributed by atoms with Crippen LogP contribution in [0.1, 0.15) is 23.7 Å². The van der Waals surface area contributed by atoms with Crippen LogP contribution in [0.2, 0.25) is 0 Å². The predicted octanol–water partition coefficient (Wildman–Crippen LogP) is 3.50. The summed E-state index contributed by atoms with van der Waals surface area (Å²) >= 11 is 0. The maximum atomic E-state index is 12.8. The molecule has 0 aliphatic carbocycles. The maximum Gasteiger partial charge on any atom is 0.176 e. The van der Waals surface area contributed by atoms with Gasteiger partial charge < -0.3 is 4.84 Å². The Morgan fingerprint density at radius 2 is 2.19 bits per heavy atom. The number of rotatable bonds is 4. The second-order valence-corrected chi connectivity index (χ2v) is 4.25. The summed E-state index contributed by atoms with van der Waals surface area (Å²) in [5, 5.41) is 12.8. The average Bonchev–Trinajstić information content (AvgIpc) is 2.53. The summed E-state index contributed by atoms with van der Waals surface area (Å²) in [6, 6.07) is 11.8. The van der Waals surface area contributed by atoms with Crippen molar-refractivity contribution >= 4 is 11.5 Å². The lowest BCUT2D eigenvalue weighted by atomic mass is 10.1. The van der Waals surface area contributed by atoms with Gasteiger partial charge in [0.05, 0.1) is 23.5 Å². The van der Waals surface area contributed by atoms with Gasteiger partial charge in [0.1, 0.15) is 11.5 Å². The zero-order valence-corrected chi connectivity index (χ0v) is 11.4. The van der Waals surface area contributed by atoms with Gasteiger partial charge in [-0.3, -0.25) is 0 Å². The van der Waals surface area contributed by atoms with Gasteiger partial charge in [-0.2, -0.15) is 5.26 Å². The second-order valence-electron chi connectivity index (χ2n) is 4.25. The fraction of sp³-hybridized carbons (Fsp3) is 0.0625. The van der Waals surface area contributed by atoms with Crippen LogP contribution < -0.4 is 0 Å². The van der Waals surface area contributed by atoms with E-state index in [4.69, 9.17) is 10.1 Å². The molecule has 0 bridgehead atoms. The Kier molecular flexibility index (Phi) is 4.42. The predicted molar refractivity (Wildman–Crippen MR) is 77.7 cm³/mol. The van der Waals surface area contributed by atoms with Gasteiger partial charge >= 0.3 is 0 Å². The van der Waals surface area contributed by atoms with Crippen molar-refractivity contribution in [2.75, 3.05) is 0 Å². The first kappa shape index (κ1) is 14.4. The van der Waals surface area contributed by atoms with Gasteiger partial charge in [-0.25, -0.2) is 9.37 Å². The molecule has 1 aromatic heterocycles. The lowest BCUT2D eigenvalue weighted by molar-refractivity contribution is 0.297. The molecule has 0 amide bonds. The third-order valence-corrected chi connectivity index (χ3v) is 2.72. The minimum atomic E-state index is -0.431. The number of benzene rings is 1. The van der Waals surface area contributed by atoms with Gasteiger partial charge in [-0.1, -0.05) is 23.9 Å². The Balaban J connectivity index is 2.11. The molecular formula is C16H12FN3O. The molecule has 0 unspecified atom stereocenters. The van der Waals surface area contributed by atoms with E-state index in [2.05, 4.69) is 22.8 Å². The maximum absolute atomic E-state index is 12.8. The van der Waals surface area contributed by atoms with Crippen molar-refractivity contribution < 1.29 is 9.23 Å². The van der Waals surface area contributed by atoms with E-state index in [0.29, 0.717) is 17.0 Å². The van der Waals surface area contributed by atoms with Crippen molar-refractivity contribution in [3.05, 3.63) is 71.8 Å². The van der Waals surface area contributed by atoms with Gasteiger partial charge in [0.25, 0.3) is 0 Å². The van der Waals surface area contributed by atoms with Crippen LogP contribution in [-0.4, -0.2) is 10.7 Å². The Morgan fingerprint density at radius 1 is 1.38 bits per heavy atom. The number of halogens is 1. The quantitative estimate of drug-likeness (QED) is 0.489. The third-order valence-electron chi connectivity index (χ3n) is 2.72. The molecule has 1 heterocycles. The fourth-order valence-electron chi connectivity index (χ4n) is 1.58. The summed E-state index contributed by atoms with van der Waals surface area (Å²) in [5.41, 5.74) is 2.31. The van der Waals surface area contributed by atoms with Crippen molar-refractivity contribution in [1.29, 1.82) is 5.26 Å². The standard InChI is InChI=1S/C16H12FN3O/c1-11(14-5-3-4-13(8-14)9-18)20-21-12(2)16-7-6-15(17)10-19-16/h3-8,10H,2H2,1H3/b20-11+. The van der Waals surface area contributed by atoms with Crippen molar-refractivity contribution in [3.63, 3.8) is 0 Å². The zero-order valence-electron chi connectivity index (χ0n) is 11.4. The van der Waals surface area contributed by atoms with E-state index < -0.39 is 5.82 Å². The number of aromatic nitrogens is 1. The van der Waals surface area contributed by atoms with Crippen molar-refractivity contribution in [2.45, 2.75) is 6.92 Å². The normalized spacial score (nSPS) is 10.8. The molecule has 0 aliphatic rings. The van der Waals surface area contributed by atoms with Crippen LogP contribution in [0.3, 0.4) is 0 Å². The Morgan fingerprint density at radius 3 is 2.86 bits per heavy atom. The number of pyridine rings is 1. The number of nitrogens with zero attached hydrogens (tertiary/aromatic N) is 3. The lowest BCUT2D eigenvalue weighted by Crippen LogP contribution is -1.97. The fourth-order valence-corrected chi connectivity index (χ4v) is 1.58. The molecule has 0 aliphatic heterocycles. The number of nitriles is 1. The molecule has 0 atom stereocenters. The second kappa shape index (κ2) is 6.44. The molecule has 2 aromatic rings. The van der Waals surface area contributed by atoms with Gasteiger partial charge in [-0.05, 0) is 31.2 Å². The van der Waals surface area contributed by atoms with E-state index in [0.717, 1.165) is 11.8 Å². The van der Waals surface area contributed by atoms with Crippen LogP contribution in [0, 0.1) is 17.1 Å². The Bertz CT molecular complexity index is 730. The van der Waals surface area contributed by atoms with Crippen molar-refractivity contribution in [1.82, 2.24) is 4.98 Å². The monoisotopic (exact) mass is 281 g/mol. The molecule has 0 saturated carbocycles. The minimum Gasteiger partial charge on any atom is -0.355 e. The molecule has 1 aromatic carbocycles. The first-order chi connectivity index (χ1) is 10.1. The molecule has 2 rings (SSSR count). The van der Waals surface area contributed by atoms with Gasteiger partial charge in [0.2, 0.25) is 0 Å². The first-order valence-corrected chi connectivity index (χ1v) is 6.13. The first-order valence-electron chi connectivity index (χ1n) is 6.13. The van der Waals surface area contributed by atoms with E-state index in [1.807, 2.05) is 6.07 Å². The Labute approximate surface area is 121 Å². The molecule has 5 heteroatoms. The largest absolute Gasteiger partial charge is 0.355 e. The SMILES string of the molecule is C=C(O/N=C(\C)c1cccc(C#N)c1)c1ccc(F)cn1. The third kappa shape index (κ3) is 3.74. The molecular weight excluding hydrogens is 269 g/mol. The highest BCUT2D eigenvalue weighted by molar-refractivity contribution is 5.98. The average molecular weight is 281 g/mol. The summed E-state index contributed by atoms with van der Waals surface area (Å²) in [6.45, 7) is 5.44. The summed E-state index contributed by atoms with van der Waals surface area (Å²) in [6.07, 6.45) is 1.08. The van der Waals surface area contributed by atoms with E-state index in [1.54, 1.807) is 25.1 Å². The van der Waals surface area contributed by atoms with Crippen LogP contribution in [0.4, 0.5) is 4.39 Å². The zero-order chi connectivity index (χ0) is 15.2. The van der Waals surface area contributed by atoms with E-state index >= 15 is 0 Å². The molecule has 104 valence electrons. The molecule has 4 nitrogen and oxygen atoms in total. The van der Waals surface area contributed by atoms with Crippen molar-refractivity contribution in [2.24, 2.45) is 5.16 Å². The topological polar surface area (TPSA) is 58.3 Å². The lowest BCUT2D eigenvalue weighted by Gasteiger charge is -2.04. The molecule has 0 fully saturated rings. The summed E-state index contributed by atoms with van der Waals surface area (Å²) in [5.74, 6) is -0.217. The summed E-state index contributed by atoms with van der Waals surface area (Å²) < 4.78 is 12.8. The van der Waals surface area contributed by atoms with Crippen LogP contribution in [0.25, 0.3) is 5.76 Å². The van der Waals surface area contributed by atoms with Gasteiger partial charge in [0.15, 0.2) is 5.76 Å². The van der Waals surface area contributed by atoms with Crippen LogP contribution in [0.15, 0.2) is 54.3 Å². The van der Waals surface area contributed by atoms with E-state index in [9.17, 15) is 4.39 Å². The smallest absolute Gasteiger partial charge is 0.176 e. The summed E-state index contributed by atoms with van der Waals surface area (Å²) in [7, 11) is 0. The number of hydrogen-bond acceptors (Lipinski definition) is 4. The molecule has 21 heavy (non-hydrogen) atoms. The highest BCUT2D eigenvalue weighted by atomic mass is 19.1. The number of hydrogen-bond donors (Lipinski definition) is 0. The van der Waals surface area contributed by atoms with Crippen LogP contribution in [-0.2, 0) is 4.84 Å². The van der Waals surface area contributed by atoms with Crippen LogP contribution >= 0.6 is 0 Å². The van der Waals surface area contributed by atoms with Crippen molar-refractivity contribution in [3.8, 4) is 6.07 Å². The van der Waals surface area contributed by atoms with Gasteiger partial charge in [0, 0.05) is 5.56 Å². The Hall–Kier alpha value is -3.00.